The molecular weight excluding hydrogens is 378 g/mol. The number of nitrogens with zero attached hydrogens (tertiary/aromatic N) is 5. The van der Waals surface area contributed by atoms with E-state index in [0.717, 1.165) is 17.7 Å². The van der Waals surface area contributed by atoms with Crippen LogP contribution < -0.4 is 0 Å². The van der Waals surface area contributed by atoms with Crippen LogP contribution in [0, 0.1) is 5.92 Å². The molecule has 9 heteroatoms. The molecule has 0 radical (unpaired) electrons. The Hall–Kier alpha value is -2.26. The number of likely N-dealkylation sites (tertiary alicyclic amines) is 1. The van der Waals surface area contributed by atoms with E-state index >= 15 is 0 Å². The average molecular weight is 404 g/mol. The van der Waals surface area contributed by atoms with Crippen LogP contribution in [0.4, 0.5) is 0 Å². The summed E-state index contributed by atoms with van der Waals surface area (Å²) in [5, 5.41) is 8.54. The maximum Gasteiger partial charge on any atom is 0.225 e. The van der Waals surface area contributed by atoms with Gasteiger partial charge in [-0.3, -0.25) is 4.79 Å². The molecule has 0 spiro atoms. The summed E-state index contributed by atoms with van der Waals surface area (Å²) in [6.45, 7) is 2.19. The number of rotatable bonds is 4. The third-order valence-corrected chi connectivity index (χ3v) is 7.00. The third kappa shape index (κ3) is 3.95. The number of carbonyl (C=O) groups excluding carboxylic acids is 1. The highest BCUT2D eigenvalue weighted by molar-refractivity contribution is 7.88. The zero-order chi connectivity index (χ0) is 19.7. The second kappa shape index (κ2) is 7.63. The van der Waals surface area contributed by atoms with Crippen molar-refractivity contribution in [3.8, 4) is 11.3 Å². The maximum absolute atomic E-state index is 12.9. The highest BCUT2D eigenvalue weighted by atomic mass is 32.2. The zero-order valence-electron chi connectivity index (χ0n) is 15.9. The predicted molar refractivity (Wildman–Crippen MR) is 105 cm³/mol. The van der Waals surface area contributed by atoms with Crippen LogP contribution in [-0.2, 0) is 14.8 Å². The molecule has 4 rings (SSSR count). The minimum absolute atomic E-state index is 0.0904. The van der Waals surface area contributed by atoms with Crippen molar-refractivity contribution in [3.05, 3.63) is 36.5 Å². The van der Waals surface area contributed by atoms with Crippen molar-refractivity contribution in [2.24, 2.45) is 5.92 Å². The molecule has 2 aliphatic heterocycles. The summed E-state index contributed by atoms with van der Waals surface area (Å²) in [5.41, 5.74) is 1.86. The number of aromatic nitrogens is 3. The number of hydrogen-bond donors (Lipinski definition) is 0. The normalized spacial score (nSPS) is 21.9. The highest BCUT2D eigenvalue weighted by Crippen LogP contribution is 2.27. The Balaban J connectivity index is 1.36. The molecule has 0 bridgehead atoms. The van der Waals surface area contributed by atoms with Crippen LogP contribution in [0.3, 0.4) is 0 Å². The van der Waals surface area contributed by atoms with E-state index in [0.29, 0.717) is 39.0 Å². The van der Waals surface area contributed by atoms with Crippen LogP contribution in [0.15, 0.2) is 36.5 Å². The van der Waals surface area contributed by atoms with Crippen molar-refractivity contribution in [2.75, 3.05) is 32.4 Å². The number of piperidine rings is 1. The molecule has 1 unspecified atom stereocenters. The summed E-state index contributed by atoms with van der Waals surface area (Å²) in [7, 11) is -3.17. The van der Waals surface area contributed by atoms with Gasteiger partial charge in [0.2, 0.25) is 15.9 Å². The largest absolute Gasteiger partial charge is 0.340 e. The fourth-order valence-electron chi connectivity index (χ4n) is 4.05. The van der Waals surface area contributed by atoms with Gasteiger partial charge in [-0.1, -0.05) is 35.5 Å². The van der Waals surface area contributed by atoms with Gasteiger partial charge in [-0.05, 0) is 19.3 Å². The molecule has 1 atom stereocenters. The second-order valence-corrected chi connectivity index (χ2v) is 9.60. The summed E-state index contributed by atoms with van der Waals surface area (Å²) in [4.78, 5) is 14.8. The Kier molecular flexibility index (Phi) is 5.20. The molecule has 1 aromatic carbocycles. The van der Waals surface area contributed by atoms with E-state index in [4.69, 9.17) is 0 Å². The minimum Gasteiger partial charge on any atom is -0.340 e. The first-order valence-electron chi connectivity index (χ1n) is 9.63. The lowest BCUT2D eigenvalue weighted by molar-refractivity contribution is -0.135. The molecule has 3 heterocycles. The number of carbonyl (C=O) groups is 1. The van der Waals surface area contributed by atoms with Crippen molar-refractivity contribution in [2.45, 2.75) is 25.3 Å². The first-order chi connectivity index (χ1) is 13.4. The van der Waals surface area contributed by atoms with E-state index in [1.54, 1.807) is 0 Å². The molecule has 2 aliphatic rings. The third-order valence-electron chi connectivity index (χ3n) is 5.70. The molecule has 1 aromatic heterocycles. The van der Waals surface area contributed by atoms with Gasteiger partial charge in [-0.15, -0.1) is 5.10 Å². The SMILES string of the molecule is CS(=O)(=O)N1CCC(C(=O)N2CCC(n3cc(-c4ccccc4)nn3)C2)CC1. The molecular formula is C19H25N5O3S. The lowest BCUT2D eigenvalue weighted by Gasteiger charge is -2.31. The molecule has 0 saturated carbocycles. The average Bonchev–Trinajstić information content (AvgIpc) is 3.37. The molecule has 0 N–H and O–H groups in total. The Morgan fingerprint density at radius 1 is 1.07 bits per heavy atom. The molecule has 28 heavy (non-hydrogen) atoms. The van der Waals surface area contributed by atoms with Crippen molar-refractivity contribution in [1.82, 2.24) is 24.2 Å². The van der Waals surface area contributed by atoms with Gasteiger partial charge in [0.15, 0.2) is 0 Å². The minimum atomic E-state index is -3.17. The van der Waals surface area contributed by atoms with E-state index in [1.807, 2.05) is 46.1 Å². The van der Waals surface area contributed by atoms with Gasteiger partial charge in [0.1, 0.15) is 5.69 Å². The monoisotopic (exact) mass is 403 g/mol. The summed E-state index contributed by atoms with van der Waals surface area (Å²) >= 11 is 0. The highest BCUT2D eigenvalue weighted by Gasteiger charge is 2.35. The molecule has 8 nitrogen and oxygen atoms in total. The number of benzene rings is 1. The molecule has 150 valence electrons. The van der Waals surface area contributed by atoms with E-state index in [-0.39, 0.29) is 17.9 Å². The number of hydrogen-bond acceptors (Lipinski definition) is 5. The van der Waals surface area contributed by atoms with Gasteiger partial charge < -0.3 is 4.90 Å². The van der Waals surface area contributed by atoms with Crippen LogP contribution >= 0.6 is 0 Å². The standard InChI is InChI=1S/C19H25N5O3S/c1-28(26,27)23-11-7-16(8-12-23)19(25)22-10-9-17(13-22)24-14-18(20-21-24)15-5-3-2-4-6-15/h2-6,14,16-17H,7-13H2,1H3. The van der Waals surface area contributed by atoms with E-state index in [2.05, 4.69) is 10.3 Å². The van der Waals surface area contributed by atoms with Crippen LogP contribution in [-0.4, -0.2) is 71.0 Å². The Labute approximate surface area is 165 Å². The summed E-state index contributed by atoms with van der Waals surface area (Å²) in [6, 6.07) is 10.0. The van der Waals surface area contributed by atoms with E-state index in [9.17, 15) is 13.2 Å². The van der Waals surface area contributed by atoms with Crippen LogP contribution in [0.25, 0.3) is 11.3 Å². The fraction of sp³-hybridized carbons (Fsp3) is 0.526. The molecule has 1 amide bonds. The van der Waals surface area contributed by atoms with Gasteiger partial charge in [0.25, 0.3) is 0 Å². The quantitative estimate of drug-likeness (QED) is 0.770. The van der Waals surface area contributed by atoms with E-state index in [1.165, 1.54) is 10.6 Å². The lowest BCUT2D eigenvalue weighted by Crippen LogP contribution is -2.43. The second-order valence-electron chi connectivity index (χ2n) is 7.61. The van der Waals surface area contributed by atoms with Crippen molar-refractivity contribution in [1.29, 1.82) is 0 Å². The Bertz CT molecular complexity index is 935. The first-order valence-corrected chi connectivity index (χ1v) is 11.5. The van der Waals surface area contributed by atoms with E-state index < -0.39 is 10.0 Å². The first kappa shape index (κ1) is 19.1. The molecule has 2 saturated heterocycles. The number of amides is 1. The predicted octanol–water partition coefficient (Wildman–Crippen LogP) is 1.39. The molecule has 0 aliphatic carbocycles. The maximum atomic E-state index is 12.9. The van der Waals surface area contributed by atoms with Crippen LogP contribution in [0.5, 0.6) is 0 Å². The van der Waals surface area contributed by atoms with Gasteiger partial charge in [-0.25, -0.2) is 17.4 Å². The Morgan fingerprint density at radius 2 is 1.79 bits per heavy atom. The van der Waals surface area contributed by atoms with Crippen molar-refractivity contribution < 1.29 is 13.2 Å². The van der Waals surface area contributed by atoms with Gasteiger partial charge in [0, 0.05) is 37.7 Å². The van der Waals surface area contributed by atoms with Gasteiger partial charge in [-0.2, -0.15) is 0 Å². The number of sulfonamides is 1. The topological polar surface area (TPSA) is 88.4 Å². The Morgan fingerprint density at radius 3 is 2.46 bits per heavy atom. The summed E-state index contributed by atoms with van der Waals surface area (Å²) in [6.07, 6.45) is 5.20. The van der Waals surface area contributed by atoms with Crippen molar-refractivity contribution >= 4 is 15.9 Å². The van der Waals surface area contributed by atoms with Crippen molar-refractivity contribution in [3.63, 3.8) is 0 Å². The zero-order valence-corrected chi connectivity index (χ0v) is 16.8. The summed E-state index contributed by atoms with van der Waals surface area (Å²) in [5.74, 6) is 0.0476. The lowest BCUT2D eigenvalue weighted by atomic mass is 9.97. The van der Waals surface area contributed by atoms with Gasteiger partial charge >= 0.3 is 0 Å². The van der Waals surface area contributed by atoms with Gasteiger partial charge in [0.05, 0.1) is 18.5 Å². The smallest absolute Gasteiger partial charge is 0.225 e. The molecule has 2 aromatic rings. The molecule has 2 fully saturated rings. The van der Waals surface area contributed by atoms with Crippen LogP contribution in [0.1, 0.15) is 25.3 Å². The van der Waals surface area contributed by atoms with Crippen LogP contribution in [0.2, 0.25) is 0 Å². The summed E-state index contributed by atoms with van der Waals surface area (Å²) < 4.78 is 26.6. The fourth-order valence-corrected chi connectivity index (χ4v) is 4.92.